The van der Waals surface area contributed by atoms with E-state index in [1.807, 2.05) is 61.5 Å². The minimum atomic E-state index is 0.545. The molecule has 0 radical (unpaired) electrons. The zero-order chi connectivity index (χ0) is 16.4. The third kappa shape index (κ3) is 2.88. The molecule has 2 aromatic heterocycles. The van der Waals surface area contributed by atoms with Crippen molar-refractivity contribution in [3.05, 3.63) is 84.3 Å². The summed E-state index contributed by atoms with van der Waals surface area (Å²) < 4.78 is 11.6. The van der Waals surface area contributed by atoms with E-state index in [0.29, 0.717) is 6.61 Å². The predicted octanol–water partition coefficient (Wildman–Crippen LogP) is 5.38. The van der Waals surface area contributed by atoms with Crippen molar-refractivity contribution in [3.8, 4) is 17.1 Å². The highest BCUT2D eigenvalue weighted by Crippen LogP contribution is 2.30. The number of rotatable bonds is 4. The molecule has 3 nitrogen and oxygen atoms in total. The number of hydrogen-bond donors (Lipinski definition) is 0. The number of furan rings is 1. The number of pyridine rings is 1. The lowest BCUT2D eigenvalue weighted by Gasteiger charge is -2.08. The van der Waals surface area contributed by atoms with Gasteiger partial charge in [0.25, 0.3) is 0 Å². The van der Waals surface area contributed by atoms with E-state index in [2.05, 4.69) is 17.1 Å². The molecule has 0 aliphatic carbocycles. The molecule has 4 aromatic rings. The molecule has 0 aliphatic rings. The lowest BCUT2D eigenvalue weighted by Crippen LogP contribution is -1.95. The van der Waals surface area contributed by atoms with Crippen molar-refractivity contribution in [2.24, 2.45) is 0 Å². The summed E-state index contributed by atoms with van der Waals surface area (Å²) in [6, 6.07) is 22.1. The maximum Gasteiger partial charge on any atom is 0.134 e. The SMILES string of the molecule is Cc1ccc(-c2ccnc3cc(OCc4ccccc4)ccc23)o1. The van der Waals surface area contributed by atoms with Crippen molar-refractivity contribution >= 4 is 10.9 Å². The molecule has 0 aliphatic heterocycles. The van der Waals surface area contributed by atoms with Crippen LogP contribution in [0, 0.1) is 6.92 Å². The van der Waals surface area contributed by atoms with Gasteiger partial charge in [0.2, 0.25) is 0 Å². The highest BCUT2D eigenvalue weighted by Gasteiger charge is 2.09. The van der Waals surface area contributed by atoms with Crippen LogP contribution in [-0.4, -0.2) is 4.98 Å². The molecular formula is C21H17NO2. The van der Waals surface area contributed by atoms with Crippen LogP contribution in [0.2, 0.25) is 0 Å². The average molecular weight is 315 g/mol. The number of nitrogens with zero attached hydrogens (tertiary/aromatic N) is 1. The van der Waals surface area contributed by atoms with E-state index >= 15 is 0 Å². The second-order valence-corrected chi connectivity index (χ2v) is 5.72. The van der Waals surface area contributed by atoms with Gasteiger partial charge in [-0.15, -0.1) is 0 Å². The molecule has 118 valence electrons. The molecule has 0 N–H and O–H groups in total. The van der Waals surface area contributed by atoms with Gasteiger partial charge in [-0.2, -0.15) is 0 Å². The lowest BCUT2D eigenvalue weighted by atomic mass is 10.1. The quantitative estimate of drug-likeness (QED) is 0.507. The maximum atomic E-state index is 5.89. The third-order valence-corrected chi connectivity index (χ3v) is 3.97. The monoisotopic (exact) mass is 315 g/mol. The first-order valence-corrected chi connectivity index (χ1v) is 7.92. The molecule has 0 saturated heterocycles. The fourth-order valence-corrected chi connectivity index (χ4v) is 2.75. The fourth-order valence-electron chi connectivity index (χ4n) is 2.75. The zero-order valence-electron chi connectivity index (χ0n) is 13.4. The normalized spacial score (nSPS) is 10.9. The van der Waals surface area contributed by atoms with Crippen molar-refractivity contribution in [2.75, 3.05) is 0 Å². The summed E-state index contributed by atoms with van der Waals surface area (Å²) in [6.45, 7) is 2.49. The van der Waals surface area contributed by atoms with E-state index in [0.717, 1.165) is 39.3 Å². The Labute approximate surface area is 140 Å². The molecule has 2 heterocycles. The van der Waals surface area contributed by atoms with Crippen molar-refractivity contribution in [2.45, 2.75) is 13.5 Å². The van der Waals surface area contributed by atoms with Crippen molar-refractivity contribution in [1.82, 2.24) is 4.98 Å². The first-order valence-electron chi connectivity index (χ1n) is 7.92. The van der Waals surface area contributed by atoms with Crippen molar-refractivity contribution in [1.29, 1.82) is 0 Å². The van der Waals surface area contributed by atoms with Crippen LogP contribution in [0.15, 0.2) is 77.3 Å². The molecule has 3 heteroatoms. The minimum absolute atomic E-state index is 0.545. The van der Waals surface area contributed by atoms with Crippen LogP contribution in [0.5, 0.6) is 5.75 Å². The lowest BCUT2D eigenvalue weighted by molar-refractivity contribution is 0.306. The van der Waals surface area contributed by atoms with E-state index in [1.54, 1.807) is 6.20 Å². The van der Waals surface area contributed by atoms with Gasteiger partial charge in [0.1, 0.15) is 23.9 Å². The summed E-state index contributed by atoms with van der Waals surface area (Å²) in [5.41, 5.74) is 3.08. The highest BCUT2D eigenvalue weighted by molar-refractivity contribution is 5.93. The van der Waals surface area contributed by atoms with Gasteiger partial charge in [-0.05, 0) is 42.8 Å². The van der Waals surface area contributed by atoms with E-state index in [9.17, 15) is 0 Å². The predicted molar refractivity (Wildman–Crippen MR) is 95.0 cm³/mol. The number of fused-ring (bicyclic) bond motifs is 1. The van der Waals surface area contributed by atoms with Gasteiger partial charge in [0.15, 0.2) is 0 Å². The van der Waals surface area contributed by atoms with Gasteiger partial charge >= 0.3 is 0 Å². The van der Waals surface area contributed by atoms with E-state index < -0.39 is 0 Å². The second-order valence-electron chi connectivity index (χ2n) is 5.72. The highest BCUT2D eigenvalue weighted by atomic mass is 16.5. The molecule has 2 aromatic carbocycles. The summed E-state index contributed by atoms with van der Waals surface area (Å²) in [5, 5.41) is 1.05. The first-order chi connectivity index (χ1) is 11.8. The largest absolute Gasteiger partial charge is 0.489 e. The van der Waals surface area contributed by atoms with Gasteiger partial charge in [0, 0.05) is 23.2 Å². The smallest absolute Gasteiger partial charge is 0.134 e. The molecule has 0 saturated carbocycles. The standard InChI is InChI=1S/C21H17NO2/c1-15-7-10-21(24-15)19-11-12-22-20-13-17(8-9-18(19)20)23-14-16-5-3-2-4-6-16/h2-13H,14H2,1H3. The van der Waals surface area contributed by atoms with Crippen LogP contribution >= 0.6 is 0 Å². The molecule has 24 heavy (non-hydrogen) atoms. The van der Waals surface area contributed by atoms with E-state index in [4.69, 9.17) is 9.15 Å². The Morgan fingerprint density at radius 2 is 1.83 bits per heavy atom. The number of ether oxygens (including phenoxy) is 1. The number of hydrogen-bond acceptors (Lipinski definition) is 3. The van der Waals surface area contributed by atoms with E-state index in [-0.39, 0.29) is 0 Å². The average Bonchev–Trinajstić information content (AvgIpc) is 3.06. The Bertz CT molecular complexity index is 973. The third-order valence-electron chi connectivity index (χ3n) is 3.97. The van der Waals surface area contributed by atoms with Crippen LogP contribution < -0.4 is 4.74 Å². The topological polar surface area (TPSA) is 35.3 Å². The van der Waals surface area contributed by atoms with Gasteiger partial charge < -0.3 is 9.15 Å². The summed E-state index contributed by atoms with van der Waals surface area (Å²) in [4.78, 5) is 4.47. The number of aromatic nitrogens is 1. The Hall–Kier alpha value is -3.07. The van der Waals surface area contributed by atoms with Crippen LogP contribution in [0.1, 0.15) is 11.3 Å². The van der Waals surface area contributed by atoms with Crippen LogP contribution in [0.3, 0.4) is 0 Å². The molecule has 4 rings (SSSR count). The van der Waals surface area contributed by atoms with Gasteiger partial charge in [-0.25, -0.2) is 0 Å². The first kappa shape index (κ1) is 14.5. The molecular weight excluding hydrogens is 298 g/mol. The van der Waals surface area contributed by atoms with Crippen molar-refractivity contribution in [3.63, 3.8) is 0 Å². The molecule has 0 fully saturated rings. The summed E-state index contributed by atoms with van der Waals surface area (Å²) in [5.74, 6) is 2.57. The number of benzene rings is 2. The maximum absolute atomic E-state index is 5.89. The van der Waals surface area contributed by atoms with Gasteiger partial charge in [-0.1, -0.05) is 30.3 Å². The zero-order valence-corrected chi connectivity index (χ0v) is 13.4. The van der Waals surface area contributed by atoms with Crippen LogP contribution in [-0.2, 0) is 6.61 Å². The fraction of sp³-hybridized carbons (Fsp3) is 0.0952. The minimum Gasteiger partial charge on any atom is -0.489 e. The summed E-state index contributed by atoms with van der Waals surface area (Å²) >= 11 is 0. The molecule has 0 bridgehead atoms. The molecule has 0 amide bonds. The Balaban J connectivity index is 1.64. The van der Waals surface area contributed by atoms with Crippen molar-refractivity contribution < 1.29 is 9.15 Å². The van der Waals surface area contributed by atoms with Gasteiger partial charge in [-0.3, -0.25) is 4.98 Å². The number of aryl methyl sites for hydroxylation is 1. The molecule has 0 spiro atoms. The van der Waals surface area contributed by atoms with Crippen LogP contribution in [0.25, 0.3) is 22.2 Å². The Morgan fingerprint density at radius 1 is 0.958 bits per heavy atom. The Kier molecular flexibility index (Phi) is 3.75. The molecule has 0 unspecified atom stereocenters. The Morgan fingerprint density at radius 3 is 2.62 bits per heavy atom. The summed E-state index contributed by atoms with van der Waals surface area (Å²) in [7, 11) is 0. The molecule has 0 atom stereocenters. The van der Waals surface area contributed by atoms with Crippen LogP contribution in [0.4, 0.5) is 0 Å². The summed E-state index contributed by atoms with van der Waals surface area (Å²) in [6.07, 6.45) is 1.80. The second kappa shape index (κ2) is 6.20. The van der Waals surface area contributed by atoms with E-state index in [1.165, 1.54) is 0 Å². The van der Waals surface area contributed by atoms with Gasteiger partial charge in [0.05, 0.1) is 5.52 Å².